The third-order valence-corrected chi connectivity index (χ3v) is 4.05. The molecule has 2 aliphatic rings. The monoisotopic (exact) mass is 270 g/mol. The van der Waals surface area contributed by atoms with E-state index in [9.17, 15) is 4.79 Å². The second-order valence-electron chi connectivity index (χ2n) is 6.09. The Labute approximate surface area is 115 Å². The largest absolute Gasteiger partial charge is 0.468 e. The van der Waals surface area contributed by atoms with Gasteiger partial charge in [0.1, 0.15) is 5.54 Å². The number of esters is 1. The highest BCUT2D eigenvalue weighted by Gasteiger charge is 2.41. The molecule has 0 bridgehead atoms. The van der Waals surface area contributed by atoms with Gasteiger partial charge in [-0.1, -0.05) is 0 Å². The van der Waals surface area contributed by atoms with Crippen molar-refractivity contribution in [1.29, 1.82) is 0 Å². The highest BCUT2D eigenvalue weighted by molar-refractivity contribution is 5.80. The van der Waals surface area contributed by atoms with Crippen molar-refractivity contribution in [3.05, 3.63) is 0 Å². The molecule has 1 aliphatic carbocycles. The van der Waals surface area contributed by atoms with Crippen molar-refractivity contribution < 1.29 is 14.3 Å². The third kappa shape index (κ3) is 3.91. The first kappa shape index (κ1) is 14.8. The van der Waals surface area contributed by atoms with Gasteiger partial charge in [0.25, 0.3) is 0 Å². The number of nitrogens with zero attached hydrogens (tertiary/aromatic N) is 1. The highest BCUT2D eigenvalue weighted by Crippen LogP contribution is 2.25. The fourth-order valence-electron chi connectivity index (χ4n) is 2.95. The molecule has 0 radical (unpaired) electrons. The van der Waals surface area contributed by atoms with Gasteiger partial charge in [0.2, 0.25) is 0 Å². The van der Waals surface area contributed by atoms with Gasteiger partial charge in [-0.15, -0.1) is 0 Å². The van der Waals surface area contributed by atoms with Crippen molar-refractivity contribution >= 4 is 5.97 Å². The molecule has 1 heterocycles. The minimum absolute atomic E-state index is 0.158. The van der Waals surface area contributed by atoms with E-state index in [0.29, 0.717) is 12.0 Å². The summed E-state index contributed by atoms with van der Waals surface area (Å²) in [5.41, 5.74) is -0.585. The first-order valence-corrected chi connectivity index (χ1v) is 7.15. The van der Waals surface area contributed by atoms with Crippen LogP contribution in [0, 0.1) is 5.92 Å². The summed E-state index contributed by atoms with van der Waals surface area (Å²) >= 11 is 0. The summed E-state index contributed by atoms with van der Waals surface area (Å²) in [5.74, 6) is 0.433. The van der Waals surface area contributed by atoms with Crippen LogP contribution in [-0.2, 0) is 14.3 Å². The molecule has 1 saturated heterocycles. The number of rotatable bonds is 7. The van der Waals surface area contributed by atoms with E-state index >= 15 is 0 Å². The predicted octanol–water partition coefficient (Wildman–Crippen LogP) is 0.638. The van der Waals surface area contributed by atoms with E-state index < -0.39 is 5.54 Å². The van der Waals surface area contributed by atoms with Crippen LogP contribution in [0.4, 0.5) is 0 Å². The normalized spacial score (nSPS) is 27.2. The van der Waals surface area contributed by atoms with Crippen LogP contribution in [0.2, 0.25) is 0 Å². The number of carbonyl (C=O) groups excluding carboxylic acids is 1. The second-order valence-corrected chi connectivity index (χ2v) is 6.09. The lowest BCUT2D eigenvalue weighted by molar-refractivity contribution is -0.148. The fourth-order valence-corrected chi connectivity index (χ4v) is 2.95. The van der Waals surface area contributed by atoms with Crippen LogP contribution in [0.5, 0.6) is 0 Å². The molecule has 1 aliphatic heterocycles. The van der Waals surface area contributed by atoms with E-state index in [0.717, 1.165) is 32.7 Å². The number of carbonyl (C=O) groups is 1. The van der Waals surface area contributed by atoms with E-state index in [1.54, 1.807) is 7.11 Å². The summed E-state index contributed by atoms with van der Waals surface area (Å²) in [5, 5.41) is 3.44. The molecule has 110 valence electrons. The third-order valence-electron chi connectivity index (χ3n) is 4.05. The number of hydrogen-bond acceptors (Lipinski definition) is 5. The highest BCUT2D eigenvalue weighted by atomic mass is 16.5. The molecule has 1 N–H and O–H groups in total. The summed E-state index contributed by atoms with van der Waals surface area (Å²) in [7, 11) is 3.21. The molecule has 0 aromatic carbocycles. The van der Waals surface area contributed by atoms with Gasteiger partial charge in [-0.2, -0.15) is 0 Å². The maximum atomic E-state index is 12.1. The zero-order chi connectivity index (χ0) is 13.9. The van der Waals surface area contributed by atoms with E-state index in [1.807, 2.05) is 6.92 Å². The molecule has 2 atom stereocenters. The first-order chi connectivity index (χ1) is 9.07. The van der Waals surface area contributed by atoms with Gasteiger partial charge in [0.15, 0.2) is 0 Å². The lowest BCUT2D eigenvalue weighted by Gasteiger charge is -2.32. The second kappa shape index (κ2) is 6.20. The quantitative estimate of drug-likeness (QED) is 0.688. The van der Waals surface area contributed by atoms with Gasteiger partial charge in [0.05, 0.1) is 13.7 Å². The van der Waals surface area contributed by atoms with Crippen molar-refractivity contribution in [1.82, 2.24) is 10.2 Å². The first-order valence-electron chi connectivity index (χ1n) is 7.15. The number of ether oxygens (including phenoxy) is 2. The van der Waals surface area contributed by atoms with Crippen LogP contribution in [0.15, 0.2) is 0 Å². The van der Waals surface area contributed by atoms with Gasteiger partial charge in [-0.05, 0) is 38.6 Å². The maximum Gasteiger partial charge on any atom is 0.327 e. The molecule has 0 aromatic heterocycles. The van der Waals surface area contributed by atoms with E-state index in [1.165, 1.54) is 20.0 Å². The fraction of sp³-hybridized carbons (Fsp3) is 0.929. The van der Waals surface area contributed by atoms with Crippen molar-refractivity contribution in [3.63, 3.8) is 0 Å². The Morgan fingerprint density at radius 3 is 2.68 bits per heavy atom. The predicted molar refractivity (Wildman–Crippen MR) is 73.0 cm³/mol. The lowest BCUT2D eigenvalue weighted by atomic mass is 10.0. The number of methoxy groups -OCH3 is 2. The molecule has 0 aromatic rings. The average molecular weight is 270 g/mol. The van der Waals surface area contributed by atoms with E-state index in [4.69, 9.17) is 9.47 Å². The molecule has 1 saturated carbocycles. The summed E-state index contributed by atoms with van der Waals surface area (Å²) in [4.78, 5) is 14.4. The van der Waals surface area contributed by atoms with Crippen LogP contribution in [0.3, 0.4) is 0 Å². The summed E-state index contributed by atoms with van der Waals surface area (Å²) < 4.78 is 10.2. The van der Waals surface area contributed by atoms with Gasteiger partial charge in [-0.25, -0.2) is 0 Å². The van der Waals surface area contributed by atoms with Gasteiger partial charge in [-0.3, -0.25) is 10.1 Å². The maximum absolute atomic E-state index is 12.1. The number of likely N-dealkylation sites (tertiary alicyclic amines) is 1. The smallest absolute Gasteiger partial charge is 0.327 e. The molecule has 5 nitrogen and oxygen atoms in total. The Hall–Kier alpha value is -0.650. The van der Waals surface area contributed by atoms with E-state index in [-0.39, 0.29) is 5.97 Å². The zero-order valence-corrected chi connectivity index (χ0v) is 12.3. The van der Waals surface area contributed by atoms with Crippen LogP contribution in [0.25, 0.3) is 0 Å². The molecule has 2 unspecified atom stereocenters. The van der Waals surface area contributed by atoms with Gasteiger partial charge >= 0.3 is 5.97 Å². The summed E-state index contributed by atoms with van der Waals surface area (Å²) in [6.07, 6.45) is 3.48. The lowest BCUT2D eigenvalue weighted by Crippen LogP contribution is -2.57. The van der Waals surface area contributed by atoms with Crippen molar-refractivity contribution in [2.75, 3.05) is 40.5 Å². The van der Waals surface area contributed by atoms with Crippen molar-refractivity contribution in [2.45, 2.75) is 37.8 Å². The molecule has 0 amide bonds. The summed E-state index contributed by atoms with van der Waals surface area (Å²) in [6, 6.07) is 0.487. The van der Waals surface area contributed by atoms with Crippen molar-refractivity contribution in [3.8, 4) is 0 Å². The topological polar surface area (TPSA) is 50.8 Å². The van der Waals surface area contributed by atoms with Crippen LogP contribution in [0.1, 0.15) is 26.2 Å². The Bertz CT molecular complexity index is 320. The molecular weight excluding hydrogens is 244 g/mol. The zero-order valence-electron chi connectivity index (χ0n) is 12.3. The standard InChI is InChI=1S/C14H26N2O3/c1-14(13(17)19-3,15-12-4-5-12)10-16-7-6-11(8-16)9-18-2/h11-12,15H,4-10H2,1-3H3. The molecule has 2 rings (SSSR count). The molecular formula is C14H26N2O3. The molecule has 0 spiro atoms. The molecule has 19 heavy (non-hydrogen) atoms. The van der Waals surface area contributed by atoms with Crippen molar-refractivity contribution in [2.24, 2.45) is 5.92 Å². The number of nitrogens with one attached hydrogen (secondary N) is 1. The van der Waals surface area contributed by atoms with Crippen LogP contribution in [-0.4, -0.2) is 62.9 Å². The Morgan fingerprint density at radius 1 is 1.37 bits per heavy atom. The van der Waals surface area contributed by atoms with Crippen LogP contribution < -0.4 is 5.32 Å². The Morgan fingerprint density at radius 2 is 2.11 bits per heavy atom. The molecule has 2 fully saturated rings. The van der Waals surface area contributed by atoms with E-state index in [2.05, 4.69) is 10.2 Å². The van der Waals surface area contributed by atoms with Gasteiger partial charge in [0, 0.05) is 26.2 Å². The Kier molecular flexibility index (Phi) is 4.81. The average Bonchev–Trinajstić information content (AvgIpc) is 3.08. The van der Waals surface area contributed by atoms with Crippen LogP contribution >= 0.6 is 0 Å². The minimum Gasteiger partial charge on any atom is -0.468 e. The minimum atomic E-state index is -0.585. The summed E-state index contributed by atoms with van der Waals surface area (Å²) in [6.45, 7) is 5.53. The SMILES string of the molecule is COCC1CCN(CC(C)(NC2CC2)C(=O)OC)C1. The number of hydrogen-bond donors (Lipinski definition) is 1. The molecule has 5 heteroatoms. The Balaban J connectivity index is 1.90. The van der Waals surface area contributed by atoms with Gasteiger partial charge < -0.3 is 14.4 Å².